The van der Waals surface area contributed by atoms with E-state index in [-0.39, 0.29) is 5.91 Å². The van der Waals surface area contributed by atoms with Gasteiger partial charge in [0, 0.05) is 38.3 Å². The first kappa shape index (κ1) is 22.2. The molecule has 0 fully saturated rings. The summed E-state index contributed by atoms with van der Waals surface area (Å²) in [5.41, 5.74) is 2.15. The van der Waals surface area contributed by atoms with Crippen molar-refractivity contribution in [3.8, 4) is 10.7 Å². The van der Waals surface area contributed by atoms with E-state index in [0.717, 1.165) is 34.4 Å². The second kappa shape index (κ2) is 9.67. The smallest absolute Gasteiger partial charge is 0.256 e. The first-order chi connectivity index (χ1) is 14.9. The molecule has 3 heterocycles. The minimum Gasteiger partial charge on any atom is -0.345 e. The molecule has 0 unspecified atom stereocenters. The minimum absolute atomic E-state index is 0.187. The maximum atomic E-state index is 12.1. The van der Waals surface area contributed by atoms with Crippen LogP contribution in [0.5, 0.6) is 0 Å². The fourth-order valence-corrected chi connectivity index (χ4v) is 5.24. The van der Waals surface area contributed by atoms with Crippen LogP contribution >= 0.6 is 46.5 Å². The van der Waals surface area contributed by atoms with Gasteiger partial charge in [-0.2, -0.15) is 0 Å². The van der Waals surface area contributed by atoms with Gasteiger partial charge in [-0.25, -0.2) is 4.31 Å². The lowest BCUT2D eigenvalue weighted by Crippen LogP contribution is -2.22. The van der Waals surface area contributed by atoms with Crippen molar-refractivity contribution in [2.45, 2.75) is 11.3 Å². The standard InChI is InChI=1S/C21H19Cl2N5OS2/c1-27(2)21(29)14-12-24-17(11-16(14)23)20-26-25-19(30-20)13-7-9-28(10-8-13)31-18-6-4-3-5-15(18)22/h3-7,11-12H,8-10H2,1-2H3. The molecule has 0 atom stereocenters. The molecule has 4 rings (SSSR count). The zero-order chi connectivity index (χ0) is 22.0. The Morgan fingerprint density at radius 1 is 1.16 bits per heavy atom. The van der Waals surface area contributed by atoms with Gasteiger partial charge in [0.1, 0.15) is 10.7 Å². The third-order valence-electron chi connectivity index (χ3n) is 4.64. The first-order valence-corrected chi connectivity index (χ1v) is 11.8. The first-order valence-electron chi connectivity index (χ1n) is 9.50. The Morgan fingerprint density at radius 2 is 1.94 bits per heavy atom. The van der Waals surface area contributed by atoms with E-state index in [1.807, 2.05) is 24.3 Å². The number of carbonyl (C=O) groups is 1. The van der Waals surface area contributed by atoms with E-state index in [2.05, 4.69) is 25.6 Å². The highest BCUT2D eigenvalue weighted by Crippen LogP contribution is 2.35. The molecule has 1 aromatic carbocycles. The Morgan fingerprint density at radius 3 is 2.61 bits per heavy atom. The van der Waals surface area contributed by atoms with Crippen LogP contribution in [0.4, 0.5) is 0 Å². The van der Waals surface area contributed by atoms with Crippen LogP contribution in [0, 0.1) is 0 Å². The average molecular weight is 492 g/mol. The molecular formula is C21H19Cl2N5OS2. The predicted octanol–water partition coefficient (Wildman–Crippen LogP) is 5.41. The van der Waals surface area contributed by atoms with Gasteiger partial charge in [-0.15, -0.1) is 10.2 Å². The number of carbonyl (C=O) groups excluding carboxylic acids is 1. The summed E-state index contributed by atoms with van der Waals surface area (Å²) in [6.45, 7) is 1.69. The SMILES string of the molecule is CN(C)C(=O)c1cnc(-c2nnc(C3=CCN(Sc4ccccc4Cl)CC3)s2)cc1Cl. The van der Waals surface area contributed by atoms with Gasteiger partial charge in [0.2, 0.25) is 0 Å². The molecular weight excluding hydrogens is 473 g/mol. The van der Waals surface area contributed by atoms with Crippen molar-refractivity contribution in [1.82, 2.24) is 24.4 Å². The van der Waals surface area contributed by atoms with Crippen molar-refractivity contribution in [3.63, 3.8) is 0 Å². The second-order valence-electron chi connectivity index (χ2n) is 7.05. The number of pyridine rings is 1. The number of halogens is 2. The minimum atomic E-state index is -0.187. The molecule has 1 aliphatic rings. The lowest BCUT2D eigenvalue weighted by Gasteiger charge is -2.24. The highest BCUT2D eigenvalue weighted by molar-refractivity contribution is 7.97. The van der Waals surface area contributed by atoms with Crippen LogP contribution in [0.25, 0.3) is 16.3 Å². The lowest BCUT2D eigenvalue weighted by atomic mass is 10.1. The summed E-state index contributed by atoms with van der Waals surface area (Å²) in [5.74, 6) is -0.187. The molecule has 6 nitrogen and oxygen atoms in total. The van der Waals surface area contributed by atoms with Crippen LogP contribution in [0.15, 0.2) is 47.5 Å². The van der Waals surface area contributed by atoms with E-state index in [9.17, 15) is 4.79 Å². The topological polar surface area (TPSA) is 62.2 Å². The summed E-state index contributed by atoms with van der Waals surface area (Å²) in [6.07, 6.45) is 4.54. The van der Waals surface area contributed by atoms with Crippen molar-refractivity contribution in [1.29, 1.82) is 0 Å². The molecule has 31 heavy (non-hydrogen) atoms. The normalized spacial score (nSPS) is 14.4. The molecule has 1 amide bonds. The summed E-state index contributed by atoms with van der Waals surface area (Å²) in [7, 11) is 3.35. The molecule has 0 saturated carbocycles. The monoisotopic (exact) mass is 491 g/mol. The van der Waals surface area contributed by atoms with E-state index in [4.69, 9.17) is 23.2 Å². The van der Waals surface area contributed by atoms with E-state index >= 15 is 0 Å². The third-order valence-corrected chi connectivity index (χ3v) is 7.56. The zero-order valence-electron chi connectivity index (χ0n) is 16.9. The molecule has 0 aliphatic carbocycles. The number of hydrogen-bond acceptors (Lipinski definition) is 7. The molecule has 1 aliphatic heterocycles. The highest BCUT2D eigenvalue weighted by atomic mass is 35.5. The van der Waals surface area contributed by atoms with Crippen molar-refractivity contribution in [2.24, 2.45) is 0 Å². The van der Waals surface area contributed by atoms with Crippen molar-refractivity contribution >= 4 is 58.0 Å². The highest BCUT2D eigenvalue weighted by Gasteiger charge is 2.20. The Labute approximate surface area is 199 Å². The van der Waals surface area contributed by atoms with Gasteiger partial charge in [0.15, 0.2) is 5.01 Å². The van der Waals surface area contributed by atoms with Crippen molar-refractivity contribution < 1.29 is 4.79 Å². The fraction of sp³-hybridized carbons (Fsp3) is 0.238. The Balaban J connectivity index is 1.46. The van der Waals surface area contributed by atoms with Crippen LogP contribution in [0.1, 0.15) is 21.8 Å². The van der Waals surface area contributed by atoms with Crippen LogP contribution in [0.3, 0.4) is 0 Å². The number of aromatic nitrogens is 3. The van der Waals surface area contributed by atoms with Gasteiger partial charge >= 0.3 is 0 Å². The maximum absolute atomic E-state index is 12.1. The molecule has 160 valence electrons. The molecule has 0 saturated heterocycles. The van der Waals surface area contributed by atoms with E-state index < -0.39 is 0 Å². The predicted molar refractivity (Wildman–Crippen MR) is 128 cm³/mol. The summed E-state index contributed by atoms with van der Waals surface area (Å²) >= 11 is 15.7. The van der Waals surface area contributed by atoms with Crippen LogP contribution < -0.4 is 0 Å². The quantitative estimate of drug-likeness (QED) is 0.444. The van der Waals surface area contributed by atoms with Gasteiger partial charge in [0.05, 0.1) is 15.6 Å². The molecule has 0 bridgehead atoms. The van der Waals surface area contributed by atoms with Crippen LogP contribution in [-0.2, 0) is 0 Å². The number of rotatable bonds is 5. The van der Waals surface area contributed by atoms with E-state index in [1.54, 1.807) is 32.1 Å². The number of hydrogen-bond donors (Lipinski definition) is 0. The summed E-state index contributed by atoms with van der Waals surface area (Å²) in [6, 6.07) is 9.52. The second-order valence-corrected chi connectivity index (χ2v) is 9.98. The van der Waals surface area contributed by atoms with E-state index in [0.29, 0.717) is 21.3 Å². The van der Waals surface area contributed by atoms with E-state index in [1.165, 1.54) is 28.0 Å². The number of nitrogens with zero attached hydrogens (tertiary/aromatic N) is 5. The van der Waals surface area contributed by atoms with Gasteiger partial charge in [-0.1, -0.05) is 52.7 Å². The summed E-state index contributed by atoms with van der Waals surface area (Å²) in [5, 5.41) is 11.3. The Hall–Kier alpha value is -1.97. The van der Waals surface area contributed by atoms with Crippen molar-refractivity contribution in [3.05, 3.63) is 63.2 Å². The Kier molecular flexibility index (Phi) is 6.93. The summed E-state index contributed by atoms with van der Waals surface area (Å²) in [4.78, 5) is 19.0. The largest absolute Gasteiger partial charge is 0.345 e. The van der Waals surface area contributed by atoms with Crippen LogP contribution in [0.2, 0.25) is 10.0 Å². The molecule has 2 aromatic heterocycles. The average Bonchev–Trinajstić information content (AvgIpc) is 3.25. The molecule has 10 heteroatoms. The van der Waals surface area contributed by atoms with Crippen LogP contribution in [-0.4, -0.2) is 57.5 Å². The summed E-state index contributed by atoms with van der Waals surface area (Å²) < 4.78 is 2.27. The van der Waals surface area contributed by atoms with Gasteiger partial charge in [-0.3, -0.25) is 9.78 Å². The number of benzene rings is 1. The van der Waals surface area contributed by atoms with Gasteiger partial charge in [-0.05, 0) is 42.1 Å². The fourth-order valence-electron chi connectivity index (χ4n) is 2.99. The zero-order valence-corrected chi connectivity index (χ0v) is 20.0. The van der Waals surface area contributed by atoms with Crippen molar-refractivity contribution in [2.75, 3.05) is 27.2 Å². The molecule has 0 radical (unpaired) electrons. The number of amides is 1. The third kappa shape index (κ3) is 5.10. The van der Waals surface area contributed by atoms with Gasteiger partial charge < -0.3 is 4.90 Å². The molecule has 0 spiro atoms. The molecule has 0 N–H and O–H groups in total. The van der Waals surface area contributed by atoms with Gasteiger partial charge in [0.25, 0.3) is 5.91 Å². The molecule has 3 aromatic rings. The lowest BCUT2D eigenvalue weighted by molar-refractivity contribution is 0.0827. The maximum Gasteiger partial charge on any atom is 0.256 e. The Bertz CT molecular complexity index is 1150.